The molecular weight excluding hydrogens is 1940 g/mol. The first kappa shape index (κ1) is 135. The molecule has 1 atom stereocenters. The van der Waals surface area contributed by atoms with Gasteiger partial charge < -0.3 is 134 Å². The SMILES string of the molecule is C=CC(C)C.C=CCC.C=CCC.C=C[C@H](C)N.CNS.COCCOCCOCCOCCOCCOCCOCCOCCOCCOCCOCCOCCCC1(CCCOCCOCCOCCOCCOCCOCCOCCOCCOCCOCCOCCOC)c2cc(-c3ccc(OCCCCNC(=O)CCC(=O)ON4C(=O)CCC4=O)cc3)ccc2-c2ccc(-c3ccc4c(c3)Cc3ccccc3-4)cc21. The van der Waals surface area contributed by atoms with E-state index in [-0.39, 0.29) is 37.6 Å². The zero-order chi connectivity index (χ0) is 108. The highest BCUT2D eigenvalue weighted by Gasteiger charge is 2.43. The van der Waals surface area contributed by atoms with Crippen LogP contribution in [0.1, 0.15) is 134 Å². The van der Waals surface area contributed by atoms with Gasteiger partial charge in [-0.05, 0) is 169 Å². The lowest BCUT2D eigenvalue weighted by atomic mass is 9.70. The van der Waals surface area contributed by atoms with Gasteiger partial charge in [0.2, 0.25) is 5.91 Å². The van der Waals surface area contributed by atoms with E-state index in [0.717, 1.165) is 61.8 Å². The lowest BCUT2D eigenvalue weighted by Crippen LogP contribution is -2.32. The molecule has 0 aromatic heterocycles. The standard InChI is InChI=1S/C96H142N2O30.C5H10.C4H9N.2C4H8.CH5NS/c1-103-31-33-107-39-41-111-47-49-115-55-57-119-63-65-123-71-73-125-69-67-121-61-59-117-53-51-113-45-43-109-37-35-105-28-7-25-96(26-8-29-106-36-38-110-44-46-114-52-54-118-60-62-122-68-70-126-74-72-124-66-64-120-58-56-116-50-48-112-42-40-108-34-32-104-2)90-77-81(14-19-88(90)89-20-15-82(78-91(89)96)80-13-18-87-84(75-80)76-83-9-3-4-10-86(83)87)79-11-16-85(17-12-79)127-30-6-5-27-97-92(99)21-24-95(102)128-98-93(100)22-23-94(98)101;1-4-5(2)3;1-3-4(2)5;2*1-3-4-2;1-2-3/h3-4,9-20,75,77-78H,5-8,21-74,76H2,1-2H3,(H,97,99);4-5H,1H2,2-3H3;3-4H,1,5H2,2H3;2*3H,1,4H2,2H3;2-3H,1H3/t;;4-;;;/m..0.../s1. The summed E-state index contributed by atoms with van der Waals surface area (Å²) in [7, 11) is 5.03. The van der Waals surface area contributed by atoms with E-state index in [1.54, 1.807) is 27.3 Å². The zero-order valence-corrected chi connectivity index (χ0v) is 91.9. The van der Waals surface area contributed by atoms with E-state index in [1.165, 1.54) is 55.6 Å². The minimum atomic E-state index is -0.814. The highest BCUT2D eigenvalue weighted by Crippen LogP contribution is 2.56. The van der Waals surface area contributed by atoms with Gasteiger partial charge in [-0.1, -0.05) is 144 Å². The van der Waals surface area contributed by atoms with Crippen molar-refractivity contribution in [2.75, 3.05) is 338 Å². The molecule has 0 bridgehead atoms. The molecule has 35 heteroatoms. The maximum absolute atomic E-state index is 12.5. The van der Waals surface area contributed by atoms with Gasteiger partial charge in [0.25, 0.3) is 11.8 Å². The van der Waals surface area contributed by atoms with Crippen LogP contribution in [0.2, 0.25) is 0 Å². The predicted octanol–water partition coefficient (Wildman–Crippen LogP) is 15.3. The summed E-state index contributed by atoms with van der Waals surface area (Å²) in [6.45, 7) is 47.2. The second kappa shape index (κ2) is 96.1. The van der Waals surface area contributed by atoms with E-state index < -0.39 is 23.2 Å². The number of hydrogen-bond donors (Lipinski definition) is 4. The first-order valence-electron chi connectivity index (χ1n) is 52.9. The number of thiol groups is 1. The number of nitrogens with zero attached hydrogens (tertiary/aromatic N) is 1. The van der Waals surface area contributed by atoms with Crippen molar-refractivity contribution in [3.05, 3.63) is 176 Å². The van der Waals surface area contributed by atoms with E-state index in [1.807, 2.05) is 37.3 Å². The summed E-state index contributed by atoms with van der Waals surface area (Å²) in [6, 6.07) is 37.9. The summed E-state index contributed by atoms with van der Waals surface area (Å²) in [6.07, 6.45) is 14.6. The summed E-state index contributed by atoms with van der Waals surface area (Å²) in [5.74, 6) is -0.903. The molecule has 0 spiro atoms. The van der Waals surface area contributed by atoms with Crippen LogP contribution in [0, 0.1) is 5.92 Å². The molecule has 2 aliphatic carbocycles. The molecule has 1 aliphatic heterocycles. The Bertz CT molecular complexity index is 4030. The van der Waals surface area contributed by atoms with Gasteiger partial charge in [0.1, 0.15) is 5.75 Å². The fourth-order valence-electron chi connectivity index (χ4n) is 14.2. The van der Waals surface area contributed by atoms with Crippen molar-refractivity contribution in [3.63, 3.8) is 0 Å². The topological polar surface area (TPSA) is 362 Å². The number of rotatable bonds is 90. The molecule has 1 fully saturated rings. The molecule has 4 N–H and O–H groups in total. The van der Waals surface area contributed by atoms with Crippen LogP contribution < -0.4 is 20.5 Å². The summed E-state index contributed by atoms with van der Waals surface area (Å²) in [4.78, 5) is 53.2. The molecule has 0 saturated carbocycles. The number of ether oxygens (including phenoxy) is 25. The molecule has 34 nitrogen and oxygen atoms in total. The van der Waals surface area contributed by atoms with Gasteiger partial charge in [-0.15, -0.1) is 31.4 Å². The van der Waals surface area contributed by atoms with Gasteiger partial charge in [-0.2, -0.15) is 0 Å². The van der Waals surface area contributed by atoms with E-state index in [4.69, 9.17) is 129 Å². The van der Waals surface area contributed by atoms with Gasteiger partial charge >= 0.3 is 5.97 Å². The first-order chi connectivity index (χ1) is 73.1. The van der Waals surface area contributed by atoms with E-state index in [0.29, 0.717) is 341 Å². The van der Waals surface area contributed by atoms with Crippen LogP contribution in [0.25, 0.3) is 44.5 Å². The molecule has 1 saturated heterocycles. The third kappa shape index (κ3) is 67.5. The summed E-state index contributed by atoms with van der Waals surface area (Å²) < 4.78 is 144. The summed E-state index contributed by atoms with van der Waals surface area (Å²) in [5, 5.41) is 3.30. The zero-order valence-electron chi connectivity index (χ0n) is 91.0. The first-order valence-corrected chi connectivity index (χ1v) is 53.3. The van der Waals surface area contributed by atoms with Crippen LogP contribution in [0.4, 0.5) is 0 Å². The number of nitrogens with two attached hydrogens (primary N) is 1. The predicted molar refractivity (Wildman–Crippen MR) is 584 cm³/mol. The molecule has 5 aromatic carbocycles. The Morgan fingerprint density at radius 2 is 0.658 bits per heavy atom. The van der Waals surface area contributed by atoms with Gasteiger partial charge in [0.15, 0.2) is 0 Å². The monoisotopic (exact) mass is 2120 g/mol. The summed E-state index contributed by atoms with van der Waals surface area (Å²) in [5.41, 5.74) is 19.6. The molecule has 5 aromatic rings. The van der Waals surface area contributed by atoms with Crippen molar-refractivity contribution in [1.82, 2.24) is 15.1 Å². The number of hydrogen-bond acceptors (Lipinski definition) is 33. The van der Waals surface area contributed by atoms with Crippen LogP contribution in [-0.2, 0) is 150 Å². The number of benzene rings is 5. The van der Waals surface area contributed by atoms with Crippen molar-refractivity contribution < 1.29 is 142 Å². The molecule has 844 valence electrons. The Kier molecular flexibility index (Phi) is 87.3. The fraction of sp³-hybridized carbons (Fsp3) is 0.632. The number of carbonyl (C=O) groups excluding carboxylic acids is 4. The van der Waals surface area contributed by atoms with Crippen LogP contribution in [0.5, 0.6) is 5.75 Å². The van der Waals surface area contributed by atoms with Crippen molar-refractivity contribution in [2.45, 2.75) is 130 Å². The normalized spacial score (nSPS) is 12.5. The number of imide groups is 1. The van der Waals surface area contributed by atoms with Gasteiger partial charge in [-0.25, -0.2) is 4.79 Å². The Hall–Kier alpha value is -7.75. The molecule has 3 aliphatic rings. The smallest absolute Gasteiger partial charge is 0.333 e. The molecule has 3 amide bonds. The number of hydroxylamine groups is 2. The number of carbonyl (C=O) groups is 4. The van der Waals surface area contributed by atoms with Crippen molar-refractivity contribution >= 4 is 36.5 Å². The highest BCUT2D eigenvalue weighted by atomic mass is 32.1. The van der Waals surface area contributed by atoms with E-state index in [2.05, 4.69) is 168 Å². The number of nitrogens with one attached hydrogen (secondary N) is 2. The van der Waals surface area contributed by atoms with E-state index >= 15 is 0 Å². The number of fused-ring (bicyclic) bond motifs is 6. The average Bonchev–Trinajstić information content (AvgIpc) is 1.56. The highest BCUT2D eigenvalue weighted by molar-refractivity contribution is 7.78. The van der Waals surface area contributed by atoms with Crippen LogP contribution >= 0.6 is 12.8 Å². The number of amides is 3. The number of allylic oxidation sites excluding steroid dienone is 3. The van der Waals surface area contributed by atoms with Crippen molar-refractivity contribution in [1.29, 1.82) is 0 Å². The Labute approximate surface area is 895 Å². The average molecular weight is 2120 g/mol. The van der Waals surface area contributed by atoms with Gasteiger partial charge in [-0.3, -0.25) is 19.1 Å². The lowest BCUT2D eigenvalue weighted by molar-refractivity contribution is -0.197. The summed E-state index contributed by atoms with van der Waals surface area (Å²) >= 11 is 3.54. The lowest BCUT2D eigenvalue weighted by Gasteiger charge is -2.33. The number of unbranched alkanes of at least 4 members (excludes halogenated alkanes) is 1. The second-order valence-corrected chi connectivity index (χ2v) is 34.6. The van der Waals surface area contributed by atoms with Gasteiger partial charge in [0.05, 0.1) is 304 Å². The molecule has 8 rings (SSSR count). The molecule has 0 radical (unpaired) electrons. The van der Waals surface area contributed by atoms with Crippen LogP contribution in [0.3, 0.4) is 0 Å². The maximum Gasteiger partial charge on any atom is 0.333 e. The Morgan fingerprint density at radius 3 is 0.966 bits per heavy atom. The maximum atomic E-state index is 12.5. The third-order valence-corrected chi connectivity index (χ3v) is 22.1. The molecular formula is C114H182N4O30S. The number of methoxy groups -OCH3 is 2. The van der Waals surface area contributed by atoms with Crippen LogP contribution in [0.15, 0.2) is 154 Å². The minimum Gasteiger partial charge on any atom is -0.494 e. The van der Waals surface area contributed by atoms with Crippen molar-refractivity contribution in [2.24, 2.45) is 11.7 Å². The van der Waals surface area contributed by atoms with Gasteiger partial charge in [0, 0.05) is 64.7 Å². The largest absolute Gasteiger partial charge is 0.494 e. The minimum absolute atomic E-state index is 0.00211. The molecule has 1 heterocycles. The third-order valence-electron chi connectivity index (χ3n) is 22.1. The van der Waals surface area contributed by atoms with Crippen molar-refractivity contribution in [3.8, 4) is 50.3 Å². The Morgan fingerprint density at radius 1 is 0.376 bits per heavy atom. The quantitative estimate of drug-likeness (QED) is 0.0119. The van der Waals surface area contributed by atoms with E-state index in [9.17, 15) is 19.2 Å². The molecule has 149 heavy (non-hydrogen) atoms. The molecule has 0 unspecified atom stereocenters. The second-order valence-electron chi connectivity index (χ2n) is 34.1. The fourth-order valence-corrected chi connectivity index (χ4v) is 14.2. The Balaban J connectivity index is 0.00000247. The van der Waals surface area contributed by atoms with Crippen LogP contribution in [-0.4, -0.2) is 373 Å².